The number of carbonyl (C=O) groups excluding carboxylic acids is 2. The summed E-state index contributed by atoms with van der Waals surface area (Å²) >= 11 is 0. The molecule has 2 aromatic rings. The third kappa shape index (κ3) is 2.44. The SMILES string of the molecule is C[C@@H](O)[C@H]1C(=O)N2C(C(=O)[O-])=C3c4cc5ccccc5nc4CC[C@@H]3[C@H]12.[Na+]. The number of rotatable bonds is 2. The van der Waals surface area contributed by atoms with E-state index in [-0.39, 0.29) is 53.1 Å². The smallest absolute Gasteiger partial charge is 0.543 e. The number of hydrogen-bond acceptors (Lipinski definition) is 5. The number of amides is 1. The number of carboxylic acid groups (broad SMARTS) is 1. The molecule has 27 heavy (non-hydrogen) atoms. The number of aryl methyl sites for hydroxylation is 1. The van der Waals surface area contributed by atoms with Crippen LogP contribution in [0.25, 0.3) is 16.5 Å². The van der Waals surface area contributed by atoms with Gasteiger partial charge in [0.1, 0.15) is 0 Å². The van der Waals surface area contributed by atoms with Crippen LogP contribution in [0.4, 0.5) is 0 Å². The topological polar surface area (TPSA) is 93.6 Å². The van der Waals surface area contributed by atoms with E-state index in [2.05, 4.69) is 0 Å². The molecule has 0 saturated carbocycles. The number of carbonyl (C=O) groups is 2. The summed E-state index contributed by atoms with van der Waals surface area (Å²) in [4.78, 5) is 30.4. The molecule has 1 fully saturated rings. The van der Waals surface area contributed by atoms with Gasteiger partial charge in [0.25, 0.3) is 0 Å². The first-order valence-corrected chi connectivity index (χ1v) is 8.84. The molecule has 1 aliphatic carbocycles. The van der Waals surface area contributed by atoms with Crippen LogP contribution in [0, 0.1) is 11.8 Å². The fourth-order valence-electron chi connectivity index (χ4n) is 4.91. The van der Waals surface area contributed by atoms with Gasteiger partial charge in [-0.2, -0.15) is 0 Å². The summed E-state index contributed by atoms with van der Waals surface area (Å²) in [5, 5.41) is 22.8. The summed E-state index contributed by atoms with van der Waals surface area (Å²) in [6, 6.07) is 9.39. The average Bonchev–Trinajstić information content (AvgIpc) is 2.90. The number of aliphatic hydroxyl groups is 1. The Kier molecular flexibility index (Phi) is 4.42. The normalized spacial score (nSPS) is 26.7. The molecule has 1 amide bonds. The molecule has 4 atom stereocenters. The number of β-lactam (4-membered cyclic amide) rings is 1. The number of pyridine rings is 1. The Morgan fingerprint density at radius 2 is 2.11 bits per heavy atom. The Hall–Kier alpha value is -1.73. The molecule has 3 heterocycles. The number of hydrogen-bond donors (Lipinski definition) is 1. The summed E-state index contributed by atoms with van der Waals surface area (Å²) in [6.45, 7) is 1.59. The summed E-state index contributed by atoms with van der Waals surface area (Å²) in [7, 11) is 0. The van der Waals surface area contributed by atoms with Gasteiger partial charge in [0.15, 0.2) is 0 Å². The van der Waals surface area contributed by atoms with Crippen LogP contribution in [0.15, 0.2) is 36.0 Å². The fourth-order valence-corrected chi connectivity index (χ4v) is 4.91. The molecule has 132 valence electrons. The van der Waals surface area contributed by atoms with Crippen LogP contribution in [-0.4, -0.2) is 39.0 Å². The van der Waals surface area contributed by atoms with Crippen molar-refractivity contribution in [2.45, 2.75) is 31.9 Å². The van der Waals surface area contributed by atoms with Crippen molar-refractivity contribution in [3.63, 3.8) is 0 Å². The van der Waals surface area contributed by atoms with Crippen molar-refractivity contribution in [1.82, 2.24) is 9.88 Å². The molecular formula is C20H17N2NaO4. The van der Waals surface area contributed by atoms with E-state index in [1.54, 1.807) is 6.92 Å². The third-order valence-corrected chi connectivity index (χ3v) is 5.97. The van der Waals surface area contributed by atoms with Crippen molar-refractivity contribution in [1.29, 1.82) is 0 Å². The molecule has 3 aliphatic rings. The van der Waals surface area contributed by atoms with Crippen molar-refractivity contribution < 1.29 is 49.4 Å². The van der Waals surface area contributed by atoms with Gasteiger partial charge < -0.3 is 19.9 Å². The molecule has 0 bridgehead atoms. The first kappa shape index (κ1) is 18.6. The van der Waals surface area contributed by atoms with Gasteiger partial charge in [0.05, 0.1) is 35.2 Å². The number of benzene rings is 1. The number of aromatic nitrogens is 1. The maximum absolute atomic E-state index is 12.5. The maximum Gasteiger partial charge on any atom is 1.00 e. The van der Waals surface area contributed by atoms with Crippen molar-refractivity contribution in [3.8, 4) is 0 Å². The molecule has 1 saturated heterocycles. The number of aliphatic hydroxyl groups excluding tert-OH is 1. The number of para-hydroxylation sites is 1. The Balaban J connectivity index is 0.00000180. The quantitative estimate of drug-likeness (QED) is 0.464. The maximum atomic E-state index is 12.5. The summed E-state index contributed by atoms with van der Waals surface area (Å²) in [6.07, 6.45) is 0.629. The third-order valence-electron chi connectivity index (χ3n) is 5.97. The second-order valence-electron chi connectivity index (χ2n) is 7.34. The number of fused-ring (bicyclic) bond motifs is 6. The summed E-state index contributed by atoms with van der Waals surface area (Å²) < 4.78 is 0. The summed E-state index contributed by atoms with van der Waals surface area (Å²) in [5.74, 6) is -2.33. The summed E-state index contributed by atoms with van der Waals surface area (Å²) in [5.41, 5.74) is 3.13. The number of nitrogens with zero attached hydrogens (tertiary/aromatic N) is 2. The number of aliphatic carboxylic acids is 1. The average molecular weight is 372 g/mol. The molecule has 0 spiro atoms. The van der Waals surface area contributed by atoms with Crippen LogP contribution in [0.2, 0.25) is 0 Å². The zero-order valence-electron chi connectivity index (χ0n) is 15.2. The second kappa shape index (κ2) is 6.41. The molecule has 0 radical (unpaired) electrons. The Bertz CT molecular complexity index is 1020. The molecule has 5 rings (SSSR count). The van der Waals surface area contributed by atoms with Gasteiger partial charge in [-0.25, -0.2) is 0 Å². The van der Waals surface area contributed by atoms with Crippen molar-refractivity contribution in [2.24, 2.45) is 11.8 Å². The van der Waals surface area contributed by atoms with Crippen molar-refractivity contribution in [2.75, 3.05) is 0 Å². The molecule has 0 unspecified atom stereocenters. The first-order valence-electron chi connectivity index (χ1n) is 8.84. The van der Waals surface area contributed by atoms with Gasteiger partial charge in [-0.3, -0.25) is 9.78 Å². The van der Waals surface area contributed by atoms with Crippen LogP contribution >= 0.6 is 0 Å². The van der Waals surface area contributed by atoms with E-state index in [1.807, 2.05) is 30.3 Å². The van der Waals surface area contributed by atoms with Crippen LogP contribution in [0.5, 0.6) is 0 Å². The first-order chi connectivity index (χ1) is 12.5. The van der Waals surface area contributed by atoms with E-state index in [4.69, 9.17) is 4.98 Å². The standard InChI is InChI=1S/C20H18N2O4.Na/c1-9(23)15-17-11-6-7-14-12(8-10-4-2-3-5-13(10)21-14)16(11)18(20(25)26)22(17)19(15)24;/h2-5,8-9,11,15,17,23H,6-7H2,1H3,(H,25,26);/q;+1/p-1/t9-,11+,15-,17-;/m1./s1. The minimum Gasteiger partial charge on any atom is -0.543 e. The zero-order valence-corrected chi connectivity index (χ0v) is 17.2. The zero-order chi connectivity index (χ0) is 18.2. The second-order valence-corrected chi connectivity index (χ2v) is 7.34. The predicted molar refractivity (Wildman–Crippen MR) is 91.3 cm³/mol. The Morgan fingerprint density at radius 3 is 2.81 bits per heavy atom. The van der Waals surface area contributed by atoms with Gasteiger partial charge >= 0.3 is 29.6 Å². The van der Waals surface area contributed by atoms with Gasteiger partial charge in [-0.15, -0.1) is 0 Å². The van der Waals surface area contributed by atoms with Gasteiger partial charge in [0, 0.05) is 22.6 Å². The van der Waals surface area contributed by atoms with Crippen LogP contribution in [-0.2, 0) is 16.0 Å². The molecule has 2 aliphatic heterocycles. The minimum atomic E-state index is -1.34. The van der Waals surface area contributed by atoms with Gasteiger partial charge in [-0.1, -0.05) is 18.2 Å². The minimum absolute atomic E-state index is 0. The number of carboxylic acids is 1. The van der Waals surface area contributed by atoms with E-state index >= 15 is 0 Å². The molecule has 6 nitrogen and oxygen atoms in total. The van der Waals surface area contributed by atoms with E-state index < -0.39 is 18.0 Å². The van der Waals surface area contributed by atoms with E-state index in [0.29, 0.717) is 12.0 Å². The van der Waals surface area contributed by atoms with E-state index in [9.17, 15) is 19.8 Å². The van der Waals surface area contributed by atoms with Gasteiger partial charge in [0.2, 0.25) is 5.91 Å². The van der Waals surface area contributed by atoms with E-state index in [1.165, 1.54) is 4.90 Å². The van der Waals surface area contributed by atoms with Crippen LogP contribution in [0.3, 0.4) is 0 Å². The van der Waals surface area contributed by atoms with E-state index in [0.717, 1.165) is 28.6 Å². The predicted octanol–water partition coefficient (Wildman–Crippen LogP) is -2.52. The van der Waals surface area contributed by atoms with Crippen molar-refractivity contribution >= 4 is 28.4 Å². The molecule has 1 aromatic carbocycles. The largest absolute Gasteiger partial charge is 1.00 e. The van der Waals surface area contributed by atoms with Crippen molar-refractivity contribution in [3.05, 3.63) is 47.3 Å². The van der Waals surface area contributed by atoms with Gasteiger partial charge in [-0.05, 0) is 37.5 Å². The fraction of sp³-hybridized carbons (Fsp3) is 0.350. The van der Waals surface area contributed by atoms with Crippen LogP contribution < -0.4 is 34.7 Å². The molecule has 1 N–H and O–H groups in total. The molecule has 1 aromatic heterocycles. The molecular weight excluding hydrogens is 355 g/mol. The Labute approximate surface area is 178 Å². The molecule has 7 heteroatoms. The Morgan fingerprint density at radius 1 is 1.37 bits per heavy atom. The monoisotopic (exact) mass is 372 g/mol. The van der Waals surface area contributed by atoms with Crippen LogP contribution in [0.1, 0.15) is 24.6 Å².